The number of benzene rings is 2. The zero-order valence-electron chi connectivity index (χ0n) is 19.2. The molecule has 2 heterocycles. The van der Waals surface area contributed by atoms with Gasteiger partial charge in [-0.05, 0) is 57.4 Å². The van der Waals surface area contributed by atoms with Crippen LogP contribution in [0.3, 0.4) is 0 Å². The molecule has 0 unspecified atom stereocenters. The largest absolute Gasteiger partial charge is 0.350 e. The van der Waals surface area contributed by atoms with E-state index in [2.05, 4.69) is 5.32 Å². The normalized spacial score (nSPS) is 14.9. The highest BCUT2D eigenvalue weighted by molar-refractivity contribution is 7.89. The van der Waals surface area contributed by atoms with Crippen molar-refractivity contribution in [2.75, 3.05) is 13.1 Å². The molecule has 0 bridgehead atoms. The van der Waals surface area contributed by atoms with E-state index in [9.17, 15) is 18.0 Å². The number of carbonyl (C=O) groups is 1. The second-order valence-corrected chi connectivity index (χ2v) is 10.8. The lowest BCUT2D eigenvalue weighted by Gasteiger charge is -2.16. The van der Waals surface area contributed by atoms with Crippen molar-refractivity contribution in [3.63, 3.8) is 0 Å². The van der Waals surface area contributed by atoms with Crippen molar-refractivity contribution in [2.45, 2.75) is 57.6 Å². The van der Waals surface area contributed by atoms with E-state index in [1.54, 1.807) is 16.7 Å². The lowest BCUT2D eigenvalue weighted by molar-refractivity contribution is -0.121. The summed E-state index contributed by atoms with van der Waals surface area (Å²) in [5, 5.41) is 2.85. The maximum Gasteiger partial charge on any atom is 0.329 e. The van der Waals surface area contributed by atoms with Gasteiger partial charge in [-0.3, -0.25) is 13.9 Å². The van der Waals surface area contributed by atoms with Crippen molar-refractivity contribution >= 4 is 27.0 Å². The Morgan fingerprint density at radius 2 is 1.70 bits per heavy atom. The average Bonchev–Trinajstić information content (AvgIpc) is 3.41. The van der Waals surface area contributed by atoms with Crippen LogP contribution in [0, 0.1) is 6.92 Å². The van der Waals surface area contributed by atoms with Gasteiger partial charge in [0, 0.05) is 25.7 Å². The molecule has 0 spiro atoms. The summed E-state index contributed by atoms with van der Waals surface area (Å²) >= 11 is 0. The van der Waals surface area contributed by atoms with Crippen LogP contribution in [0.2, 0.25) is 0 Å². The van der Waals surface area contributed by atoms with Crippen molar-refractivity contribution in [3.8, 4) is 0 Å². The second-order valence-electron chi connectivity index (χ2n) is 8.86. The third-order valence-corrected chi connectivity index (χ3v) is 7.96. The molecule has 1 amide bonds. The summed E-state index contributed by atoms with van der Waals surface area (Å²) in [5.74, 6) is -0.312. The van der Waals surface area contributed by atoms with Crippen LogP contribution in [0.25, 0.3) is 11.0 Å². The molecule has 0 atom stereocenters. The molecule has 1 aromatic heterocycles. The van der Waals surface area contributed by atoms with Crippen LogP contribution in [0.4, 0.5) is 0 Å². The summed E-state index contributed by atoms with van der Waals surface area (Å²) in [7, 11) is -3.64. The number of imidazole rings is 1. The van der Waals surface area contributed by atoms with Crippen LogP contribution in [0.15, 0.2) is 52.2 Å². The molecule has 0 aliphatic carbocycles. The highest BCUT2D eigenvalue weighted by Gasteiger charge is 2.28. The van der Waals surface area contributed by atoms with Crippen LogP contribution in [0.1, 0.15) is 43.9 Å². The van der Waals surface area contributed by atoms with Gasteiger partial charge in [-0.25, -0.2) is 13.2 Å². The van der Waals surface area contributed by atoms with E-state index >= 15 is 0 Å². The number of hydrogen-bond donors (Lipinski definition) is 1. The van der Waals surface area contributed by atoms with E-state index in [0.717, 1.165) is 24.0 Å². The third kappa shape index (κ3) is 4.60. The Morgan fingerprint density at radius 1 is 1.03 bits per heavy atom. The number of amides is 1. The van der Waals surface area contributed by atoms with Gasteiger partial charge in [0.15, 0.2) is 0 Å². The fourth-order valence-corrected chi connectivity index (χ4v) is 5.79. The number of rotatable bonds is 7. The molecule has 2 aromatic carbocycles. The van der Waals surface area contributed by atoms with Crippen LogP contribution < -0.4 is 11.0 Å². The molecule has 9 heteroatoms. The van der Waals surface area contributed by atoms with E-state index in [4.69, 9.17) is 0 Å². The molecule has 1 aliphatic rings. The number of nitrogens with zero attached hydrogens (tertiary/aromatic N) is 3. The van der Waals surface area contributed by atoms with Crippen LogP contribution in [-0.2, 0) is 27.9 Å². The zero-order valence-corrected chi connectivity index (χ0v) is 20.1. The van der Waals surface area contributed by atoms with E-state index < -0.39 is 10.0 Å². The Morgan fingerprint density at radius 3 is 2.33 bits per heavy atom. The molecule has 0 saturated carbocycles. The number of sulfonamides is 1. The summed E-state index contributed by atoms with van der Waals surface area (Å²) in [6.07, 6.45) is 1.69. The molecule has 1 aliphatic heterocycles. The Labute approximate surface area is 193 Å². The molecular formula is C24H30N4O4S. The predicted molar refractivity (Wildman–Crippen MR) is 128 cm³/mol. The van der Waals surface area contributed by atoms with Crippen LogP contribution in [-0.4, -0.2) is 40.9 Å². The van der Waals surface area contributed by atoms with E-state index in [1.807, 2.05) is 45.0 Å². The maximum absolute atomic E-state index is 13.2. The highest BCUT2D eigenvalue weighted by Crippen LogP contribution is 2.25. The minimum Gasteiger partial charge on any atom is -0.350 e. The van der Waals surface area contributed by atoms with Gasteiger partial charge in [0.1, 0.15) is 6.54 Å². The van der Waals surface area contributed by atoms with Crippen molar-refractivity contribution in [1.82, 2.24) is 18.8 Å². The fraction of sp³-hybridized carbons (Fsp3) is 0.417. The molecule has 1 fully saturated rings. The van der Waals surface area contributed by atoms with Crippen LogP contribution in [0.5, 0.6) is 0 Å². The van der Waals surface area contributed by atoms with Gasteiger partial charge in [0.05, 0.1) is 15.9 Å². The molecular weight excluding hydrogens is 440 g/mol. The minimum atomic E-state index is -3.64. The number of aromatic nitrogens is 2. The number of hydrogen-bond acceptors (Lipinski definition) is 4. The Hall–Kier alpha value is -2.91. The van der Waals surface area contributed by atoms with E-state index in [0.29, 0.717) is 30.7 Å². The molecule has 176 valence electrons. The van der Waals surface area contributed by atoms with Crippen molar-refractivity contribution < 1.29 is 13.2 Å². The SMILES string of the molecule is Cc1ccc(CNC(=O)Cn2c(=O)n(C(C)C)c3ccc(S(=O)(=O)N4CCCC4)cc32)cc1. The number of aryl methyl sites for hydroxylation is 1. The molecule has 4 rings (SSSR count). The standard InChI is InChI=1S/C24H30N4O4S/c1-17(2)28-21-11-10-20(33(31,32)26-12-4-5-13-26)14-22(21)27(24(28)30)16-23(29)25-15-19-8-6-18(3)7-9-19/h6-11,14,17H,4-5,12-13,15-16H2,1-3H3,(H,25,29). The van der Waals surface area contributed by atoms with Gasteiger partial charge in [-0.1, -0.05) is 29.8 Å². The second kappa shape index (κ2) is 9.15. The summed E-state index contributed by atoms with van der Waals surface area (Å²) in [4.78, 5) is 26.0. The summed E-state index contributed by atoms with van der Waals surface area (Å²) in [5.41, 5.74) is 2.82. The average molecular weight is 471 g/mol. The van der Waals surface area contributed by atoms with Crippen molar-refractivity contribution in [2.24, 2.45) is 0 Å². The minimum absolute atomic E-state index is 0.141. The number of carbonyl (C=O) groups excluding carboxylic acids is 1. The molecule has 8 nitrogen and oxygen atoms in total. The van der Waals surface area contributed by atoms with E-state index in [1.165, 1.54) is 14.9 Å². The highest BCUT2D eigenvalue weighted by atomic mass is 32.2. The van der Waals surface area contributed by atoms with Gasteiger partial charge in [-0.15, -0.1) is 0 Å². The summed E-state index contributed by atoms with van der Waals surface area (Å²) in [6, 6.07) is 12.4. The van der Waals surface area contributed by atoms with Gasteiger partial charge >= 0.3 is 5.69 Å². The Kier molecular flexibility index (Phi) is 6.45. The molecule has 1 saturated heterocycles. The molecule has 3 aromatic rings. The fourth-order valence-electron chi connectivity index (χ4n) is 4.26. The zero-order chi connectivity index (χ0) is 23.8. The topological polar surface area (TPSA) is 93.4 Å². The first-order valence-electron chi connectivity index (χ1n) is 11.3. The third-order valence-electron chi connectivity index (χ3n) is 6.07. The van der Waals surface area contributed by atoms with Crippen LogP contribution >= 0.6 is 0 Å². The lowest BCUT2D eigenvalue weighted by Crippen LogP contribution is -2.33. The quantitative estimate of drug-likeness (QED) is 0.575. The molecule has 1 N–H and O–H groups in total. The Bertz CT molecular complexity index is 1330. The predicted octanol–water partition coefficient (Wildman–Crippen LogP) is 2.79. The maximum atomic E-state index is 13.2. The monoisotopic (exact) mass is 470 g/mol. The molecule has 33 heavy (non-hydrogen) atoms. The molecule has 0 radical (unpaired) electrons. The summed E-state index contributed by atoms with van der Waals surface area (Å²) in [6.45, 7) is 6.94. The van der Waals surface area contributed by atoms with Gasteiger partial charge in [-0.2, -0.15) is 4.31 Å². The van der Waals surface area contributed by atoms with Gasteiger partial charge in [0.25, 0.3) is 0 Å². The number of nitrogens with one attached hydrogen (secondary N) is 1. The Balaban J connectivity index is 1.67. The number of fused-ring (bicyclic) bond motifs is 1. The van der Waals surface area contributed by atoms with Crippen molar-refractivity contribution in [3.05, 3.63) is 64.1 Å². The first-order chi connectivity index (χ1) is 15.7. The summed E-state index contributed by atoms with van der Waals surface area (Å²) < 4.78 is 30.6. The van der Waals surface area contributed by atoms with Gasteiger partial charge < -0.3 is 5.32 Å². The first kappa shape index (κ1) is 23.3. The van der Waals surface area contributed by atoms with Gasteiger partial charge in [0.2, 0.25) is 15.9 Å². The first-order valence-corrected chi connectivity index (χ1v) is 12.7. The van der Waals surface area contributed by atoms with Crippen molar-refractivity contribution in [1.29, 1.82) is 0 Å². The smallest absolute Gasteiger partial charge is 0.329 e. The lowest BCUT2D eigenvalue weighted by atomic mass is 10.1. The van der Waals surface area contributed by atoms with E-state index in [-0.39, 0.29) is 29.1 Å².